The Labute approximate surface area is 151 Å². The van der Waals surface area contributed by atoms with Gasteiger partial charge in [-0.2, -0.15) is 0 Å². The number of benzene rings is 2. The topological polar surface area (TPSA) is 99.4 Å². The number of ether oxygens (including phenoxy) is 2. The lowest BCUT2D eigenvalue weighted by Gasteiger charge is -2.30. The van der Waals surface area contributed by atoms with E-state index in [0.29, 0.717) is 34.6 Å². The molecule has 0 fully saturated rings. The van der Waals surface area contributed by atoms with Crippen molar-refractivity contribution in [1.29, 1.82) is 0 Å². The Kier molecular flexibility index (Phi) is 5.06. The highest BCUT2D eigenvalue weighted by Gasteiger charge is 2.29. The molecule has 26 heavy (non-hydrogen) atoms. The van der Waals surface area contributed by atoms with Crippen LogP contribution in [0, 0.1) is 5.92 Å². The van der Waals surface area contributed by atoms with Gasteiger partial charge < -0.3 is 29.9 Å². The van der Waals surface area contributed by atoms with Gasteiger partial charge in [0.2, 0.25) is 0 Å². The van der Waals surface area contributed by atoms with Crippen LogP contribution in [0.4, 0.5) is 0 Å². The first-order chi connectivity index (χ1) is 12.5. The molecule has 0 heterocycles. The molecule has 0 bridgehead atoms. The second-order valence-corrected chi connectivity index (χ2v) is 6.21. The van der Waals surface area contributed by atoms with Gasteiger partial charge in [0, 0.05) is 5.92 Å². The molecule has 6 nitrogen and oxygen atoms in total. The maximum atomic E-state index is 10.2. The predicted octanol–water partition coefficient (Wildman–Crippen LogP) is 2.07. The van der Waals surface area contributed by atoms with Gasteiger partial charge >= 0.3 is 0 Å². The van der Waals surface area contributed by atoms with E-state index >= 15 is 0 Å². The van der Waals surface area contributed by atoms with Crippen LogP contribution in [0.5, 0.6) is 23.0 Å². The molecular formula is C20H22O6. The first-order valence-corrected chi connectivity index (χ1v) is 8.26. The third kappa shape index (κ3) is 2.98. The highest BCUT2D eigenvalue weighted by atomic mass is 16.5. The fourth-order valence-corrected chi connectivity index (χ4v) is 3.50. The summed E-state index contributed by atoms with van der Waals surface area (Å²) in [4.78, 5) is 0. The van der Waals surface area contributed by atoms with Crippen molar-refractivity contribution >= 4 is 5.57 Å². The molecule has 1 atom stereocenters. The summed E-state index contributed by atoms with van der Waals surface area (Å²) in [5.74, 6) is 0.411. The average molecular weight is 358 g/mol. The van der Waals surface area contributed by atoms with Gasteiger partial charge in [0.1, 0.15) is 0 Å². The molecule has 0 amide bonds. The van der Waals surface area contributed by atoms with Crippen molar-refractivity contribution in [3.63, 3.8) is 0 Å². The third-order valence-electron chi connectivity index (χ3n) is 4.81. The Morgan fingerprint density at radius 1 is 0.962 bits per heavy atom. The van der Waals surface area contributed by atoms with E-state index in [4.69, 9.17) is 9.47 Å². The van der Waals surface area contributed by atoms with Gasteiger partial charge in [0.05, 0.1) is 27.4 Å². The van der Waals surface area contributed by atoms with Crippen molar-refractivity contribution < 1.29 is 29.9 Å². The molecule has 2 aromatic carbocycles. The fourth-order valence-electron chi connectivity index (χ4n) is 3.50. The lowest BCUT2D eigenvalue weighted by Crippen LogP contribution is -2.22. The smallest absolute Gasteiger partial charge is 0.161 e. The van der Waals surface area contributed by atoms with Crippen molar-refractivity contribution in [1.82, 2.24) is 0 Å². The average Bonchev–Trinajstić information content (AvgIpc) is 2.66. The van der Waals surface area contributed by atoms with Crippen LogP contribution in [-0.2, 0) is 6.42 Å². The summed E-state index contributed by atoms with van der Waals surface area (Å²) in [6.07, 6.45) is 0.525. The molecule has 138 valence electrons. The number of rotatable bonds is 5. The molecule has 0 saturated carbocycles. The highest BCUT2D eigenvalue weighted by Crippen LogP contribution is 2.44. The summed E-state index contributed by atoms with van der Waals surface area (Å²) in [6.45, 7) is -0.340. The van der Waals surface area contributed by atoms with E-state index in [1.54, 1.807) is 24.3 Å². The first kappa shape index (κ1) is 18.1. The minimum absolute atomic E-state index is 0.00534. The van der Waals surface area contributed by atoms with Crippen molar-refractivity contribution in [2.24, 2.45) is 5.92 Å². The fraction of sp³-hybridized carbons (Fsp3) is 0.300. The summed E-state index contributed by atoms with van der Waals surface area (Å²) in [5, 5.41) is 39.9. The van der Waals surface area contributed by atoms with Crippen LogP contribution < -0.4 is 9.47 Å². The molecule has 0 spiro atoms. The SMILES string of the molecule is COc1cc(C2=C(CO)[C@H](CO)Cc3cc(OC)c(O)cc32)ccc1O. The summed E-state index contributed by atoms with van der Waals surface area (Å²) < 4.78 is 10.4. The molecule has 0 aromatic heterocycles. The van der Waals surface area contributed by atoms with E-state index < -0.39 is 0 Å². The summed E-state index contributed by atoms with van der Waals surface area (Å²) >= 11 is 0. The highest BCUT2D eigenvalue weighted by molar-refractivity contribution is 5.87. The zero-order valence-electron chi connectivity index (χ0n) is 14.7. The van der Waals surface area contributed by atoms with E-state index in [1.807, 2.05) is 0 Å². The number of methoxy groups -OCH3 is 2. The minimum Gasteiger partial charge on any atom is -0.504 e. The van der Waals surface area contributed by atoms with Gasteiger partial charge in [0.25, 0.3) is 0 Å². The maximum absolute atomic E-state index is 10.2. The van der Waals surface area contributed by atoms with E-state index in [9.17, 15) is 20.4 Å². The van der Waals surface area contributed by atoms with Crippen LogP contribution in [0.3, 0.4) is 0 Å². The molecule has 1 aliphatic rings. The van der Waals surface area contributed by atoms with Crippen LogP contribution in [0.1, 0.15) is 16.7 Å². The molecule has 0 saturated heterocycles. The summed E-state index contributed by atoms with van der Waals surface area (Å²) in [5.41, 5.74) is 3.76. The summed E-state index contributed by atoms with van der Waals surface area (Å²) in [7, 11) is 2.94. The zero-order valence-corrected chi connectivity index (χ0v) is 14.7. The van der Waals surface area contributed by atoms with E-state index in [1.165, 1.54) is 20.3 Å². The Morgan fingerprint density at radius 2 is 1.65 bits per heavy atom. The van der Waals surface area contributed by atoms with Crippen molar-refractivity contribution in [2.45, 2.75) is 6.42 Å². The van der Waals surface area contributed by atoms with Crippen LogP contribution in [-0.4, -0.2) is 47.9 Å². The lowest BCUT2D eigenvalue weighted by atomic mass is 9.76. The molecule has 0 aliphatic heterocycles. The first-order valence-electron chi connectivity index (χ1n) is 8.26. The number of hydrogen-bond donors (Lipinski definition) is 4. The largest absolute Gasteiger partial charge is 0.504 e. The van der Waals surface area contributed by atoms with Gasteiger partial charge in [-0.15, -0.1) is 0 Å². The number of fused-ring (bicyclic) bond motifs is 1. The molecule has 1 aliphatic carbocycles. The van der Waals surface area contributed by atoms with Crippen molar-refractivity contribution in [3.05, 3.63) is 52.6 Å². The van der Waals surface area contributed by atoms with Crippen LogP contribution in [0.25, 0.3) is 5.57 Å². The number of aliphatic hydroxyl groups is 2. The van der Waals surface area contributed by atoms with Gasteiger partial charge in [-0.25, -0.2) is 0 Å². The van der Waals surface area contributed by atoms with E-state index in [2.05, 4.69) is 0 Å². The quantitative estimate of drug-likeness (QED) is 0.653. The van der Waals surface area contributed by atoms with E-state index in [0.717, 1.165) is 11.1 Å². The van der Waals surface area contributed by atoms with Crippen molar-refractivity contribution in [2.75, 3.05) is 27.4 Å². The molecule has 0 radical (unpaired) electrons. The molecule has 3 rings (SSSR count). The van der Waals surface area contributed by atoms with E-state index in [-0.39, 0.29) is 30.6 Å². The normalized spacial score (nSPS) is 16.4. The predicted molar refractivity (Wildman–Crippen MR) is 96.7 cm³/mol. The van der Waals surface area contributed by atoms with Crippen LogP contribution in [0.2, 0.25) is 0 Å². The Bertz CT molecular complexity index is 856. The molecule has 6 heteroatoms. The minimum atomic E-state index is -0.253. The third-order valence-corrected chi connectivity index (χ3v) is 4.81. The number of aliphatic hydroxyl groups excluding tert-OH is 2. The Balaban J connectivity index is 2.28. The standard InChI is InChI=1S/C20H22O6/c1-25-18-6-11(3-4-16(18)23)20-14-8-17(24)19(26-2)7-12(14)5-13(9-21)15(20)10-22/h3-4,6-8,13,21-24H,5,9-10H2,1-2H3/t13-/m0/s1. The maximum Gasteiger partial charge on any atom is 0.161 e. The Morgan fingerprint density at radius 3 is 2.27 bits per heavy atom. The molecular weight excluding hydrogens is 336 g/mol. The zero-order chi connectivity index (χ0) is 18.8. The molecule has 2 aromatic rings. The second-order valence-electron chi connectivity index (χ2n) is 6.21. The Hall–Kier alpha value is -2.70. The number of phenols is 2. The van der Waals surface area contributed by atoms with Gasteiger partial charge in [-0.3, -0.25) is 0 Å². The number of aromatic hydroxyl groups is 2. The van der Waals surface area contributed by atoms with Crippen LogP contribution in [0.15, 0.2) is 35.9 Å². The summed E-state index contributed by atoms with van der Waals surface area (Å²) in [6, 6.07) is 8.26. The van der Waals surface area contributed by atoms with Gasteiger partial charge in [-0.1, -0.05) is 6.07 Å². The van der Waals surface area contributed by atoms with Gasteiger partial charge in [-0.05, 0) is 58.5 Å². The van der Waals surface area contributed by atoms with Crippen LogP contribution >= 0.6 is 0 Å². The van der Waals surface area contributed by atoms with Gasteiger partial charge in [0.15, 0.2) is 23.0 Å². The van der Waals surface area contributed by atoms with Crippen molar-refractivity contribution in [3.8, 4) is 23.0 Å². The second kappa shape index (κ2) is 7.27. The molecule has 0 unspecified atom stereocenters. The monoisotopic (exact) mass is 358 g/mol. The number of phenolic OH excluding ortho intramolecular Hbond substituents is 2. The molecule has 4 N–H and O–H groups in total. The number of hydrogen-bond acceptors (Lipinski definition) is 6. The lowest BCUT2D eigenvalue weighted by molar-refractivity contribution is 0.225.